The Bertz CT molecular complexity index is 824. The van der Waals surface area contributed by atoms with Crippen LogP contribution in [0.15, 0.2) is 50.7 Å². The predicted octanol–water partition coefficient (Wildman–Crippen LogP) is 3.93. The van der Waals surface area contributed by atoms with Gasteiger partial charge in [0.2, 0.25) is 5.91 Å². The average Bonchev–Trinajstić information content (AvgIpc) is 3.22. The number of hydrogen-bond donors (Lipinski definition) is 1. The van der Waals surface area contributed by atoms with Gasteiger partial charge in [-0.3, -0.25) is 4.79 Å². The van der Waals surface area contributed by atoms with Crippen LogP contribution in [0.25, 0.3) is 11.5 Å². The van der Waals surface area contributed by atoms with Gasteiger partial charge in [0.25, 0.3) is 11.1 Å². The summed E-state index contributed by atoms with van der Waals surface area (Å²) in [5, 5.41) is 11.1. The zero-order valence-electron chi connectivity index (χ0n) is 13.4. The van der Waals surface area contributed by atoms with E-state index in [1.54, 1.807) is 12.3 Å². The molecule has 6 nitrogen and oxygen atoms in total. The van der Waals surface area contributed by atoms with Crippen molar-refractivity contribution in [2.24, 2.45) is 0 Å². The molecular weight excluding hydrogens is 326 g/mol. The first-order valence-electron chi connectivity index (χ1n) is 7.55. The van der Waals surface area contributed by atoms with Gasteiger partial charge >= 0.3 is 0 Å². The van der Waals surface area contributed by atoms with E-state index in [1.807, 2.05) is 31.2 Å². The van der Waals surface area contributed by atoms with Crippen LogP contribution in [0.4, 0.5) is 5.69 Å². The number of carbonyl (C=O) groups excluding carboxylic acids is 1. The maximum absolute atomic E-state index is 12.0. The Morgan fingerprint density at radius 1 is 1.21 bits per heavy atom. The molecule has 0 unspecified atom stereocenters. The van der Waals surface area contributed by atoms with Crippen LogP contribution in [0.5, 0.6) is 0 Å². The highest BCUT2D eigenvalue weighted by Gasteiger charge is 2.14. The Balaban J connectivity index is 1.54. The molecule has 3 aromatic rings. The van der Waals surface area contributed by atoms with Crippen molar-refractivity contribution in [1.82, 2.24) is 10.2 Å². The van der Waals surface area contributed by atoms with Crippen molar-refractivity contribution < 1.29 is 13.6 Å². The van der Waals surface area contributed by atoms with E-state index in [0.717, 1.165) is 17.7 Å². The maximum atomic E-state index is 12.0. The Labute approximate surface area is 143 Å². The lowest BCUT2D eigenvalue weighted by Gasteiger charge is -2.04. The minimum absolute atomic E-state index is 0.122. The SMILES string of the molecule is CCc1ccc(NC(=O)CSc2nnc(-c3ccoc3C)o2)cc1. The summed E-state index contributed by atoms with van der Waals surface area (Å²) in [6, 6.07) is 9.56. The van der Waals surface area contributed by atoms with Crippen molar-refractivity contribution in [3.63, 3.8) is 0 Å². The molecule has 1 amide bonds. The molecule has 0 aliphatic carbocycles. The summed E-state index contributed by atoms with van der Waals surface area (Å²) in [5.41, 5.74) is 2.77. The fourth-order valence-electron chi connectivity index (χ4n) is 2.13. The third-order valence-corrected chi connectivity index (χ3v) is 4.29. The highest BCUT2D eigenvalue weighted by atomic mass is 32.2. The van der Waals surface area contributed by atoms with Gasteiger partial charge in [-0.25, -0.2) is 0 Å². The molecule has 1 N–H and O–H groups in total. The summed E-state index contributed by atoms with van der Waals surface area (Å²) in [5.74, 6) is 1.17. The highest BCUT2D eigenvalue weighted by Crippen LogP contribution is 2.26. The molecular formula is C17H17N3O3S. The molecule has 0 radical (unpaired) electrons. The number of anilines is 1. The van der Waals surface area contributed by atoms with Crippen LogP contribution in [0.3, 0.4) is 0 Å². The van der Waals surface area contributed by atoms with Crippen molar-refractivity contribution >= 4 is 23.4 Å². The second-order valence-corrected chi connectivity index (χ2v) is 6.08. The molecule has 2 aromatic heterocycles. The second kappa shape index (κ2) is 7.35. The van der Waals surface area contributed by atoms with E-state index in [-0.39, 0.29) is 11.7 Å². The summed E-state index contributed by atoms with van der Waals surface area (Å²) >= 11 is 1.20. The van der Waals surface area contributed by atoms with Gasteiger partial charge in [-0.2, -0.15) is 0 Å². The maximum Gasteiger partial charge on any atom is 0.277 e. The fourth-order valence-corrected chi connectivity index (χ4v) is 2.70. The number of aromatic nitrogens is 2. The number of aryl methyl sites for hydroxylation is 2. The van der Waals surface area contributed by atoms with E-state index in [4.69, 9.17) is 8.83 Å². The third-order valence-electron chi connectivity index (χ3n) is 3.47. The zero-order valence-corrected chi connectivity index (χ0v) is 14.2. The Hall–Kier alpha value is -2.54. The number of thioether (sulfide) groups is 1. The molecule has 1 aromatic carbocycles. The van der Waals surface area contributed by atoms with Gasteiger partial charge in [0, 0.05) is 5.69 Å². The van der Waals surface area contributed by atoms with Crippen LogP contribution in [0, 0.1) is 6.92 Å². The molecule has 2 heterocycles. The van der Waals surface area contributed by atoms with Gasteiger partial charge in [-0.05, 0) is 37.1 Å². The van der Waals surface area contributed by atoms with E-state index < -0.39 is 0 Å². The van der Waals surface area contributed by atoms with Gasteiger partial charge in [-0.15, -0.1) is 10.2 Å². The zero-order chi connectivity index (χ0) is 16.9. The Kier molecular flexibility index (Phi) is 5.00. The van der Waals surface area contributed by atoms with E-state index in [1.165, 1.54) is 17.3 Å². The molecule has 0 saturated heterocycles. The molecule has 0 saturated carbocycles. The van der Waals surface area contributed by atoms with E-state index >= 15 is 0 Å². The molecule has 0 aliphatic heterocycles. The van der Waals surface area contributed by atoms with Crippen LogP contribution in [-0.2, 0) is 11.2 Å². The normalized spacial score (nSPS) is 10.8. The van der Waals surface area contributed by atoms with Gasteiger partial charge in [-0.1, -0.05) is 30.8 Å². The van der Waals surface area contributed by atoms with E-state index in [9.17, 15) is 4.79 Å². The first-order valence-corrected chi connectivity index (χ1v) is 8.54. The van der Waals surface area contributed by atoms with Crippen LogP contribution in [-0.4, -0.2) is 21.9 Å². The van der Waals surface area contributed by atoms with Gasteiger partial charge in [0.1, 0.15) is 5.76 Å². The number of amides is 1. The summed E-state index contributed by atoms with van der Waals surface area (Å²) in [7, 11) is 0. The highest BCUT2D eigenvalue weighted by molar-refractivity contribution is 7.99. The van der Waals surface area contributed by atoms with Crippen molar-refractivity contribution in [2.45, 2.75) is 25.5 Å². The van der Waals surface area contributed by atoms with E-state index in [2.05, 4.69) is 22.4 Å². The predicted molar refractivity (Wildman–Crippen MR) is 91.9 cm³/mol. The molecule has 0 fully saturated rings. The lowest BCUT2D eigenvalue weighted by Crippen LogP contribution is -2.13. The lowest BCUT2D eigenvalue weighted by atomic mass is 10.1. The van der Waals surface area contributed by atoms with Crippen LogP contribution in [0.1, 0.15) is 18.2 Å². The third kappa shape index (κ3) is 3.86. The topological polar surface area (TPSA) is 81.2 Å². The molecule has 0 aliphatic rings. The number of rotatable bonds is 6. The smallest absolute Gasteiger partial charge is 0.277 e. The van der Waals surface area contributed by atoms with Crippen molar-refractivity contribution in [1.29, 1.82) is 0 Å². The molecule has 0 spiro atoms. The van der Waals surface area contributed by atoms with Gasteiger partial charge in [0.15, 0.2) is 0 Å². The number of benzene rings is 1. The van der Waals surface area contributed by atoms with Crippen molar-refractivity contribution in [2.75, 3.05) is 11.1 Å². The van der Waals surface area contributed by atoms with Gasteiger partial charge < -0.3 is 14.2 Å². The quantitative estimate of drug-likeness (QED) is 0.683. The minimum atomic E-state index is -0.122. The fraction of sp³-hybridized carbons (Fsp3) is 0.235. The monoisotopic (exact) mass is 343 g/mol. The molecule has 124 valence electrons. The van der Waals surface area contributed by atoms with Crippen molar-refractivity contribution in [3.05, 3.63) is 47.9 Å². The molecule has 24 heavy (non-hydrogen) atoms. The molecule has 7 heteroatoms. The summed E-state index contributed by atoms with van der Waals surface area (Å²) in [6.07, 6.45) is 2.54. The standard InChI is InChI=1S/C17H17N3O3S/c1-3-12-4-6-13(7-5-12)18-15(21)10-24-17-20-19-16(23-17)14-8-9-22-11(14)2/h4-9H,3,10H2,1-2H3,(H,18,21). The summed E-state index contributed by atoms with van der Waals surface area (Å²) in [4.78, 5) is 12.0. The summed E-state index contributed by atoms with van der Waals surface area (Å²) in [6.45, 7) is 3.91. The van der Waals surface area contributed by atoms with Crippen LogP contribution >= 0.6 is 11.8 Å². The average molecular weight is 343 g/mol. The first kappa shape index (κ1) is 16.3. The number of furan rings is 1. The summed E-state index contributed by atoms with van der Waals surface area (Å²) < 4.78 is 10.8. The minimum Gasteiger partial charge on any atom is -0.469 e. The van der Waals surface area contributed by atoms with E-state index in [0.29, 0.717) is 16.9 Å². The molecule has 0 atom stereocenters. The van der Waals surface area contributed by atoms with Crippen LogP contribution < -0.4 is 5.32 Å². The number of nitrogens with zero attached hydrogens (tertiary/aromatic N) is 2. The Morgan fingerprint density at radius 3 is 2.67 bits per heavy atom. The van der Waals surface area contributed by atoms with Gasteiger partial charge in [0.05, 0.1) is 17.6 Å². The molecule has 3 rings (SSSR count). The number of hydrogen-bond acceptors (Lipinski definition) is 6. The number of nitrogens with one attached hydrogen (secondary N) is 1. The lowest BCUT2D eigenvalue weighted by molar-refractivity contribution is -0.113. The number of carbonyl (C=O) groups is 1. The largest absolute Gasteiger partial charge is 0.469 e. The van der Waals surface area contributed by atoms with Crippen LogP contribution in [0.2, 0.25) is 0 Å². The second-order valence-electron chi connectivity index (χ2n) is 5.15. The first-order chi connectivity index (χ1) is 11.7. The molecule has 0 bridgehead atoms. The van der Waals surface area contributed by atoms with Crippen molar-refractivity contribution in [3.8, 4) is 11.5 Å². The Morgan fingerprint density at radius 2 is 2.00 bits per heavy atom.